The van der Waals surface area contributed by atoms with Crippen molar-refractivity contribution >= 4 is 17.8 Å². The number of hydrogen-bond donors (Lipinski definition) is 1. The Labute approximate surface area is 162 Å². The number of carbonyl (C=O) groups is 1. The summed E-state index contributed by atoms with van der Waals surface area (Å²) < 4.78 is 0. The Hall–Kier alpha value is -2.55. The Morgan fingerprint density at radius 3 is 2.48 bits per heavy atom. The van der Waals surface area contributed by atoms with Crippen LogP contribution < -0.4 is 0 Å². The van der Waals surface area contributed by atoms with Crippen molar-refractivity contribution in [2.45, 2.75) is 51.4 Å². The van der Waals surface area contributed by atoms with E-state index in [0.29, 0.717) is 0 Å². The average Bonchev–Trinajstić information content (AvgIpc) is 2.68. The summed E-state index contributed by atoms with van der Waals surface area (Å²) in [4.78, 5) is 16.8. The minimum absolute atomic E-state index is 0.0627. The molecule has 0 saturated heterocycles. The van der Waals surface area contributed by atoms with Crippen LogP contribution in [0.5, 0.6) is 0 Å². The second-order valence-electron chi connectivity index (χ2n) is 7.30. The van der Waals surface area contributed by atoms with Crippen molar-refractivity contribution in [1.82, 2.24) is 0 Å². The minimum atomic E-state index is -0.0892. The van der Waals surface area contributed by atoms with Crippen LogP contribution in [0.4, 0.5) is 0 Å². The summed E-state index contributed by atoms with van der Waals surface area (Å²) >= 11 is 0. The van der Waals surface area contributed by atoms with E-state index in [0.717, 1.165) is 51.4 Å². The number of carbonyl (C=O) groups excluding carboxylic acids is 1. The van der Waals surface area contributed by atoms with Gasteiger partial charge in [-0.05, 0) is 68.1 Å². The van der Waals surface area contributed by atoms with E-state index in [-0.39, 0.29) is 17.5 Å². The second-order valence-corrected chi connectivity index (χ2v) is 7.30. The largest absolute Gasteiger partial charge is 0.290 e. The summed E-state index contributed by atoms with van der Waals surface area (Å²) in [6.45, 7) is 0. The van der Waals surface area contributed by atoms with Crippen molar-refractivity contribution in [3.05, 3.63) is 71.3 Å². The zero-order chi connectivity index (χ0) is 18.9. The molecular weight excluding hydrogens is 332 g/mol. The lowest BCUT2D eigenvalue weighted by Gasteiger charge is -2.20. The first-order chi connectivity index (χ1) is 13.2. The number of Topliss-reactive ketones (excluding diaryl/α,β-unsaturated/α-hetero) is 1. The molecule has 140 valence electrons. The number of nitrogens with one attached hydrogen (secondary N) is 1. The first kappa shape index (κ1) is 19.2. The smallest absolute Gasteiger partial charge is 0.202 e. The summed E-state index contributed by atoms with van der Waals surface area (Å²) in [5, 5.41) is 8.05. The summed E-state index contributed by atoms with van der Waals surface area (Å²) in [5.41, 5.74) is 4.08. The molecular formula is C24H28N2O. The van der Waals surface area contributed by atoms with Gasteiger partial charge in [-0.3, -0.25) is 10.2 Å². The molecule has 1 aliphatic rings. The molecule has 1 unspecified atom stereocenters. The van der Waals surface area contributed by atoms with Crippen LogP contribution in [0.3, 0.4) is 0 Å². The van der Waals surface area contributed by atoms with Crippen molar-refractivity contribution < 1.29 is 4.79 Å². The predicted octanol–water partition coefficient (Wildman–Crippen LogP) is 5.21. The number of fused-ring (bicyclic) bond motifs is 1. The van der Waals surface area contributed by atoms with E-state index in [1.165, 1.54) is 16.7 Å². The van der Waals surface area contributed by atoms with E-state index in [1.807, 2.05) is 18.2 Å². The number of unbranched alkanes of at least 4 members (excludes halogenated alkanes) is 1. The highest BCUT2D eigenvalue weighted by Crippen LogP contribution is 2.24. The maximum absolute atomic E-state index is 12.6. The highest BCUT2D eigenvalue weighted by Gasteiger charge is 2.23. The molecule has 1 aliphatic carbocycles. The molecule has 0 bridgehead atoms. The Kier molecular flexibility index (Phi) is 7.09. The van der Waals surface area contributed by atoms with Gasteiger partial charge in [-0.15, -0.1) is 0 Å². The lowest BCUT2D eigenvalue weighted by atomic mass is 9.85. The maximum atomic E-state index is 12.6. The van der Waals surface area contributed by atoms with Gasteiger partial charge in [0.05, 0.1) is 0 Å². The van der Waals surface area contributed by atoms with Gasteiger partial charge in [-0.25, -0.2) is 4.99 Å². The molecule has 0 aromatic heterocycles. The highest BCUT2D eigenvalue weighted by atomic mass is 16.1. The fraction of sp³-hybridized carbons (Fsp3) is 0.375. The van der Waals surface area contributed by atoms with Crippen molar-refractivity contribution in [2.24, 2.45) is 10.9 Å². The fourth-order valence-electron chi connectivity index (χ4n) is 3.78. The number of amidine groups is 1. The summed E-state index contributed by atoms with van der Waals surface area (Å²) in [6.07, 6.45) is 9.13. The first-order valence-corrected chi connectivity index (χ1v) is 10.00. The molecule has 3 rings (SSSR count). The summed E-state index contributed by atoms with van der Waals surface area (Å²) in [7, 11) is 0. The molecule has 0 saturated carbocycles. The predicted molar refractivity (Wildman–Crippen MR) is 112 cm³/mol. The van der Waals surface area contributed by atoms with Crippen molar-refractivity contribution in [1.29, 1.82) is 5.41 Å². The zero-order valence-corrected chi connectivity index (χ0v) is 15.9. The van der Waals surface area contributed by atoms with Gasteiger partial charge in [0.25, 0.3) is 0 Å². The van der Waals surface area contributed by atoms with Gasteiger partial charge in [0.15, 0.2) is 5.84 Å². The molecule has 3 heteroatoms. The molecule has 2 aromatic carbocycles. The lowest BCUT2D eigenvalue weighted by Crippen LogP contribution is -2.24. The van der Waals surface area contributed by atoms with E-state index >= 15 is 0 Å². The van der Waals surface area contributed by atoms with E-state index in [1.54, 1.807) is 6.21 Å². The molecule has 2 aromatic rings. The zero-order valence-electron chi connectivity index (χ0n) is 15.9. The number of rotatable bonds is 6. The molecule has 0 heterocycles. The lowest BCUT2D eigenvalue weighted by molar-refractivity contribution is -0.117. The van der Waals surface area contributed by atoms with Crippen molar-refractivity contribution in [2.75, 3.05) is 0 Å². The quantitative estimate of drug-likeness (QED) is 0.429. The Balaban J connectivity index is 1.46. The number of ketones is 1. The van der Waals surface area contributed by atoms with Crippen molar-refractivity contribution in [3.8, 4) is 0 Å². The van der Waals surface area contributed by atoms with Gasteiger partial charge < -0.3 is 0 Å². The molecule has 1 N–H and O–H groups in total. The van der Waals surface area contributed by atoms with E-state index in [4.69, 9.17) is 5.41 Å². The topological polar surface area (TPSA) is 53.3 Å². The third-order valence-corrected chi connectivity index (χ3v) is 5.35. The molecule has 0 spiro atoms. The summed E-state index contributed by atoms with van der Waals surface area (Å²) in [6, 6.07) is 18.9. The van der Waals surface area contributed by atoms with Crippen molar-refractivity contribution in [3.63, 3.8) is 0 Å². The monoisotopic (exact) mass is 360 g/mol. The number of benzene rings is 2. The van der Waals surface area contributed by atoms with Gasteiger partial charge >= 0.3 is 0 Å². The molecule has 0 amide bonds. The average molecular weight is 361 g/mol. The van der Waals surface area contributed by atoms with Crippen LogP contribution in [-0.2, 0) is 24.1 Å². The van der Waals surface area contributed by atoms with Crippen LogP contribution in [0.1, 0.15) is 48.8 Å². The fourth-order valence-corrected chi connectivity index (χ4v) is 3.78. The second kappa shape index (κ2) is 9.96. The number of aliphatic imine (C=N–C) groups is 1. The van der Waals surface area contributed by atoms with Crippen LogP contribution in [-0.4, -0.2) is 17.8 Å². The molecule has 1 atom stereocenters. The SMILES string of the molecule is N=C(N=CCCCc1ccccc1)C(=O)C1CCCc2ccccc2CC1. The Morgan fingerprint density at radius 2 is 1.70 bits per heavy atom. The molecule has 0 aliphatic heterocycles. The molecule has 27 heavy (non-hydrogen) atoms. The van der Waals surface area contributed by atoms with Crippen LogP contribution in [0.25, 0.3) is 0 Å². The standard InChI is InChI=1S/C24H28N2O/c25-24(26-18-7-6-11-19-9-2-1-3-10-19)23(27)22-15-8-14-20-12-4-5-13-21(20)16-17-22/h1-5,9-10,12-13,18,22,25H,6-8,11,14-17H2. The number of aryl methyl sites for hydroxylation is 3. The molecule has 0 radical (unpaired) electrons. The van der Waals surface area contributed by atoms with Gasteiger partial charge in [0.1, 0.15) is 0 Å². The normalized spacial score (nSPS) is 17.1. The highest BCUT2D eigenvalue weighted by molar-refractivity contribution is 6.39. The van der Waals surface area contributed by atoms with Gasteiger partial charge in [-0.2, -0.15) is 0 Å². The van der Waals surface area contributed by atoms with Gasteiger partial charge in [0.2, 0.25) is 5.78 Å². The Morgan fingerprint density at radius 1 is 1.00 bits per heavy atom. The van der Waals surface area contributed by atoms with E-state index < -0.39 is 0 Å². The van der Waals surface area contributed by atoms with Crippen LogP contribution in [0.15, 0.2) is 59.6 Å². The van der Waals surface area contributed by atoms with Crippen LogP contribution in [0, 0.1) is 11.3 Å². The summed E-state index contributed by atoms with van der Waals surface area (Å²) in [5.74, 6) is -0.227. The van der Waals surface area contributed by atoms with Gasteiger partial charge in [-0.1, -0.05) is 54.6 Å². The van der Waals surface area contributed by atoms with E-state index in [9.17, 15) is 4.79 Å². The number of hydrogen-bond acceptors (Lipinski definition) is 2. The first-order valence-electron chi connectivity index (χ1n) is 10.00. The van der Waals surface area contributed by atoms with Gasteiger partial charge in [0, 0.05) is 12.1 Å². The van der Waals surface area contributed by atoms with E-state index in [2.05, 4.69) is 41.4 Å². The Bertz CT molecular complexity index is 795. The minimum Gasteiger partial charge on any atom is -0.290 e. The molecule has 3 nitrogen and oxygen atoms in total. The third kappa shape index (κ3) is 5.72. The molecule has 0 fully saturated rings. The van der Waals surface area contributed by atoms with Crippen LogP contribution in [0.2, 0.25) is 0 Å². The van der Waals surface area contributed by atoms with Crippen LogP contribution >= 0.6 is 0 Å². The third-order valence-electron chi connectivity index (χ3n) is 5.35. The number of nitrogens with zero attached hydrogens (tertiary/aromatic N) is 1. The maximum Gasteiger partial charge on any atom is 0.202 e.